The minimum Gasteiger partial charge on any atom is -0.465 e. The number of nitrogens with one attached hydrogen (secondary N) is 1. The van der Waals surface area contributed by atoms with E-state index in [9.17, 15) is 4.79 Å². The first-order valence-corrected chi connectivity index (χ1v) is 6.62. The van der Waals surface area contributed by atoms with E-state index in [0.717, 1.165) is 5.69 Å². The van der Waals surface area contributed by atoms with Gasteiger partial charge in [0.05, 0.1) is 12.7 Å². The lowest BCUT2D eigenvalue weighted by Crippen LogP contribution is -2.07. The van der Waals surface area contributed by atoms with Gasteiger partial charge in [0.25, 0.3) is 0 Å². The summed E-state index contributed by atoms with van der Waals surface area (Å²) in [5.74, 6) is -0.318. The molecule has 1 aromatic heterocycles. The van der Waals surface area contributed by atoms with Gasteiger partial charge in [-0.25, -0.2) is 4.79 Å². The van der Waals surface area contributed by atoms with Crippen LogP contribution in [0.5, 0.6) is 0 Å². The summed E-state index contributed by atoms with van der Waals surface area (Å²) < 4.78 is 4.70. The lowest BCUT2D eigenvalue weighted by Gasteiger charge is -2.14. The Morgan fingerprint density at radius 2 is 2.22 bits per heavy atom. The van der Waals surface area contributed by atoms with Gasteiger partial charge in [0.1, 0.15) is 0 Å². The maximum atomic E-state index is 11.4. The second-order valence-corrected chi connectivity index (χ2v) is 4.78. The summed E-state index contributed by atoms with van der Waals surface area (Å²) in [6.07, 6.45) is 0. The first-order valence-electron chi connectivity index (χ1n) is 5.67. The SMILES string of the molecule is COC(=O)c1cccc(NC(C)c2ccsc2)c1. The van der Waals surface area contributed by atoms with E-state index in [1.807, 2.05) is 12.1 Å². The molecule has 0 bridgehead atoms. The molecule has 0 spiro atoms. The van der Waals surface area contributed by atoms with E-state index in [1.54, 1.807) is 23.5 Å². The molecule has 1 N–H and O–H groups in total. The lowest BCUT2D eigenvalue weighted by molar-refractivity contribution is 0.0601. The third-order valence-electron chi connectivity index (χ3n) is 2.71. The fourth-order valence-electron chi connectivity index (χ4n) is 1.71. The molecule has 1 atom stereocenters. The maximum Gasteiger partial charge on any atom is 0.337 e. The van der Waals surface area contributed by atoms with Gasteiger partial charge in [-0.15, -0.1) is 0 Å². The van der Waals surface area contributed by atoms with Crippen LogP contribution in [-0.4, -0.2) is 13.1 Å². The number of esters is 1. The Hall–Kier alpha value is -1.81. The summed E-state index contributed by atoms with van der Waals surface area (Å²) in [6, 6.07) is 9.63. The molecule has 0 saturated heterocycles. The van der Waals surface area contributed by atoms with Crippen molar-refractivity contribution in [1.29, 1.82) is 0 Å². The molecule has 18 heavy (non-hydrogen) atoms. The Labute approximate surface area is 110 Å². The number of carbonyl (C=O) groups is 1. The molecule has 1 unspecified atom stereocenters. The van der Waals surface area contributed by atoms with Crippen molar-refractivity contribution in [2.24, 2.45) is 0 Å². The molecule has 0 aliphatic rings. The fraction of sp³-hybridized carbons (Fsp3) is 0.214. The number of carbonyl (C=O) groups excluding carboxylic acids is 1. The van der Waals surface area contributed by atoms with E-state index in [2.05, 4.69) is 29.1 Å². The van der Waals surface area contributed by atoms with Crippen molar-refractivity contribution in [2.75, 3.05) is 12.4 Å². The predicted molar refractivity (Wildman–Crippen MR) is 74.1 cm³/mol. The summed E-state index contributed by atoms with van der Waals surface area (Å²) in [7, 11) is 1.39. The molecule has 1 aromatic carbocycles. The van der Waals surface area contributed by atoms with Crippen molar-refractivity contribution in [3.8, 4) is 0 Å². The largest absolute Gasteiger partial charge is 0.465 e. The highest BCUT2D eigenvalue weighted by Gasteiger charge is 2.08. The van der Waals surface area contributed by atoms with E-state index < -0.39 is 0 Å². The molecule has 2 rings (SSSR count). The predicted octanol–water partition coefficient (Wildman–Crippen LogP) is 3.71. The normalized spacial score (nSPS) is 11.9. The smallest absolute Gasteiger partial charge is 0.337 e. The molecule has 94 valence electrons. The van der Waals surface area contributed by atoms with Gasteiger partial charge >= 0.3 is 5.97 Å². The van der Waals surface area contributed by atoms with Gasteiger partial charge in [-0.05, 0) is 47.5 Å². The van der Waals surface area contributed by atoms with Crippen LogP contribution in [0.2, 0.25) is 0 Å². The Morgan fingerprint density at radius 1 is 1.39 bits per heavy atom. The van der Waals surface area contributed by atoms with Crippen LogP contribution in [-0.2, 0) is 4.74 Å². The van der Waals surface area contributed by atoms with Gasteiger partial charge < -0.3 is 10.1 Å². The number of benzene rings is 1. The molecule has 0 aliphatic carbocycles. The molecule has 4 heteroatoms. The Balaban J connectivity index is 2.12. The van der Waals surface area contributed by atoms with Crippen molar-refractivity contribution in [3.63, 3.8) is 0 Å². The first kappa shape index (κ1) is 12.6. The first-order chi connectivity index (χ1) is 8.70. The minimum atomic E-state index is -0.318. The quantitative estimate of drug-likeness (QED) is 0.853. The van der Waals surface area contributed by atoms with Crippen LogP contribution in [0, 0.1) is 0 Å². The highest BCUT2D eigenvalue weighted by molar-refractivity contribution is 7.07. The number of hydrogen-bond donors (Lipinski definition) is 1. The third-order valence-corrected chi connectivity index (χ3v) is 3.41. The highest BCUT2D eigenvalue weighted by atomic mass is 32.1. The standard InChI is InChI=1S/C14H15NO2S/c1-10(12-6-7-18-9-12)15-13-5-3-4-11(8-13)14(16)17-2/h3-10,15H,1-2H3. The van der Waals surface area contributed by atoms with Gasteiger partial charge in [-0.2, -0.15) is 11.3 Å². The molecule has 0 aliphatic heterocycles. The summed E-state index contributed by atoms with van der Waals surface area (Å²) in [5.41, 5.74) is 2.71. The number of thiophene rings is 1. The third kappa shape index (κ3) is 2.90. The van der Waals surface area contributed by atoms with Gasteiger partial charge in [0.15, 0.2) is 0 Å². The molecule has 0 radical (unpaired) electrons. The van der Waals surface area contributed by atoms with Crippen LogP contribution < -0.4 is 5.32 Å². The average Bonchev–Trinajstić information content (AvgIpc) is 2.92. The van der Waals surface area contributed by atoms with E-state index in [1.165, 1.54) is 12.7 Å². The van der Waals surface area contributed by atoms with Gasteiger partial charge in [-0.1, -0.05) is 6.07 Å². The summed E-state index contributed by atoms with van der Waals surface area (Å²) in [6.45, 7) is 2.09. The molecular formula is C14H15NO2S. The maximum absolute atomic E-state index is 11.4. The summed E-state index contributed by atoms with van der Waals surface area (Å²) in [4.78, 5) is 11.4. The Kier molecular flexibility index (Phi) is 3.99. The Bertz CT molecular complexity index is 522. The molecule has 2 aromatic rings. The zero-order valence-electron chi connectivity index (χ0n) is 10.3. The molecular weight excluding hydrogens is 246 g/mol. The molecule has 0 amide bonds. The van der Waals surface area contributed by atoms with Crippen LogP contribution in [0.4, 0.5) is 5.69 Å². The zero-order chi connectivity index (χ0) is 13.0. The number of hydrogen-bond acceptors (Lipinski definition) is 4. The molecule has 3 nitrogen and oxygen atoms in total. The highest BCUT2D eigenvalue weighted by Crippen LogP contribution is 2.21. The second kappa shape index (κ2) is 5.69. The van der Waals surface area contributed by atoms with Crippen LogP contribution in [0.3, 0.4) is 0 Å². The molecule has 0 fully saturated rings. The van der Waals surface area contributed by atoms with Crippen LogP contribution in [0.25, 0.3) is 0 Å². The van der Waals surface area contributed by atoms with E-state index in [-0.39, 0.29) is 12.0 Å². The number of ether oxygens (including phenoxy) is 1. The van der Waals surface area contributed by atoms with Crippen LogP contribution >= 0.6 is 11.3 Å². The second-order valence-electron chi connectivity index (χ2n) is 4.00. The average molecular weight is 261 g/mol. The fourth-order valence-corrected chi connectivity index (χ4v) is 2.46. The monoisotopic (exact) mass is 261 g/mol. The van der Waals surface area contributed by atoms with Crippen molar-refractivity contribution in [1.82, 2.24) is 0 Å². The zero-order valence-corrected chi connectivity index (χ0v) is 11.2. The van der Waals surface area contributed by atoms with Crippen molar-refractivity contribution in [2.45, 2.75) is 13.0 Å². The van der Waals surface area contributed by atoms with E-state index in [4.69, 9.17) is 4.74 Å². The lowest BCUT2D eigenvalue weighted by atomic mass is 10.1. The van der Waals surface area contributed by atoms with Crippen LogP contribution in [0.1, 0.15) is 28.9 Å². The van der Waals surface area contributed by atoms with Crippen LogP contribution in [0.15, 0.2) is 41.1 Å². The van der Waals surface area contributed by atoms with E-state index in [0.29, 0.717) is 5.56 Å². The number of anilines is 1. The molecule has 0 saturated carbocycles. The summed E-state index contributed by atoms with van der Waals surface area (Å²) >= 11 is 1.68. The molecule has 1 heterocycles. The number of methoxy groups -OCH3 is 1. The Morgan fingerprint density at radius 3 is 2.89 bits per heavy atom. The van der Waals surface area contributed by atoms with Gasteiger partial charge in [0, 0.05) is 11.7 Å². The topological polar surface area (TPSA) is 38.3 Å². The van der Waals surface area contributed by atoms with Gasteiger partial charge in [-0.3, -0.25) is 0 Å². The van der Waals surface area contributed by atoms with Crippen molar-refractivity contribution < 1.29 is 9.53 Å². The number of rotatable bonds is 4. The van der Waals surface area contributed by atoms with E-state index >= 15 is 0 Å². The van der Waals surface area contributed by atoms with Gasteiger partial charge in [0.2, 0.25) is 0 Å². The van der Waals surface area contributed by atoms with Crippen molar-refractivity contribution in [3.05, 3.63) is 52.2 Å². The van der Waals surface area contributed by atoms with Crippen molar-refractivity contribution >= 4 is 23.0 Å². The summed E-state index contributed by atoms with van der Waals surface area (Å²) in [5, 5.41) is 7.53. The minimum absolute atomic E-state index is 0.212.